The molecule has 8 nitrogen and oxygen atoms in total. The zero-order valence-electron chi connectivity index (χ0n) is 20.4. The molecule has 2 saturated heterocycles. The minimum atomic E-state index is -0.687. The van der Waals surface area contributed by atoms with E-state index in [4.69, 9.17) is 4.74 Å². The van der Waals surface area contributed by atoms with E-state index >= 15 is 0 Å². The van der Waals surface area contributed by atoms with Gasteiger partial charge in [0, 0.05) is 23.9 Å². The van der Waals surface area contributed by atoms with Crippen molar-refractivity contribution in [2.75, 3.05) is 18.0 Å². The van der Waals surface area contributed by atoms with Crippen molar-refractivity contribution in [3.05, 3.63) is 41.5 Å². The second kappa shape index (κ2) is 8.75. The van der Waals surface area contributed by atoms with Crippen molar-refractivity contribution in [3.63, 3.8) is 0 Å². The average molecular weight is 478 g/mol. The Labute approximate surface area is 204 Å². The molecule has 5 rings (SSSR count). The maximum atomic E-state index is 13.3. The third-order valence-electron chi connectivity index (χ3n) is 7.06. The highest BCUT2D eigenvalue weighted by atomic mass is 16.6. The minimum absolute atomic E-state index is 0.0713. The molecule has 184 valence electrons. The molecule has 0 bridgehead atoms. The molecule has 2 aromatic carbocycles. The van der Waals surface area contributed by atoms with Gasteiger partial charge in [-0.3, -0.25) is 34.3 Å². The Hall–Kier alpha value is -3.26. The first kappa shape index (κ1) is 23.5. The van der Waals surface area contributed by atoms with Crippen LogP contribution in [0, 0.1) is 5.92 Å². The minimum Gasteiger partial charge on any atom is -0.460 e. The third kappa shape index (κ3) is 4.43. The number of hydrogen-bond acceptors (Lipinski definition) is 6. The van der Waals surface area contributed by atoms with Crippen molar-refractivity contribution < 1.29 is 23.9 Å². The number of nitrogens with zero attached hydrogens (tertiary/aromatic N) is 2. The van der Waals surface area contributed by atoms with E-state index in [1.54, 1.807) is 11.0 Å². The van der Waals surface area contributed by atoms with E-state index < -0.39 is 17.6 Å². The van der Waals surface area contributed by atoms with Gasteiger partial charge in [-0.1, -0.05) is 18.2 Å². The number of piperidine rings is 2. The predicted molar refractivity (Wildman–Crippen MR) is 131 cm³/mol. The van der Waals surface area contributed by atoms with Crippen molar-refractivity contribution >= 4 is 40.2 Å². The Morgan fingerprint density at radius 3 is 2.49 bits per heavy atom. The summed E-state index contributed by atoms with van der Waals surface area (Å²) in [5.41, 5.74) is 1.95. The van der Waals surface area contributed by atoms with Crippen molar-refractivity contribution in [3.8, 4) is 0 Å². The number of carbonyl (C=O) groups excluding carboxylic acids is 4. The number of anilines is 1. The van der Waals surface area contributed by atoms with Gasteiger partial charge in [-0.05, 0) is 76.2 Å². The van der Waals surface area contributed by atoms with Crippen molar-refractivity contribution in [1.82, 2.24) is 10.2 Å². The molecule has 1 atom stereocenters. The highest BCUT2D eigenvalue weighted by Gasteiger charge is 2.41. The number of imide groups is 1. The standard InChI is InChI=1S/C27H31N3O5/c1-27(2,3)35-26(34)16-11-13-29(14-12-16)15-17-7-8-20-23-18(17)5-4-6-19(23)25(33)30(20)21-9-10-22(31)28-24(21)32/h4-8,16,21H,9-15H2,1-3H3,(H,28,31,32). The first-order valence-corrected chi connectivity index (χ1v) is 12.3. The zero-order chi connectivity index (χ0) is 24.9. The summed E-state index contributed by atoms with van der Waals surface area (Å²) < 4.78 is 5.56. The zero-order valence-corrected chi connectivity index (χ0v) is 20.4. The smallest absolute Gasteiger partial charge is 0.309 e. The molecule has 3 aliphatic rings. The molecule has 0 saturated carbocycles. The SMILES string of the molecule is CC(C)(C)OC(=O)C1CCN(Cc2ccc3c4c(cccc24)C(=O)N3C2CCC(=O)NC2=O)CC1. The Bertz CT molecular complexity index is 1220. The number of hydrogen-bond donors (Lipinski definition) is 1. The molecule has 1 N–H and O–H groups in total. The van der Waals surface area contributed by atoms with Crippen molar-refractivity contribution in [2.45, 2.75) is 64.6 Å². The molecule has 3 amide bonds. The van der Waals surface area contributed by atoms with E-state index in [-0.39, 0.29) is 30.1 Å². The Kier molecular flexibility index (Phi) is 5.87. The van der Waals surface area contributed by atoms with Crippen molar-refractivity contribution in [2.24, 2.45) is 5.92 Å². The largest absolute Gasteiger partial charge is 0.460 e. The van der Waals surface area contributed by atoms with E-state index in [0.29, 0.717) is 18.5 Å². The fraction of sp³-hybridized carbons (Fsp3) is 0.481. The van der Waals surface area contributed by atoms with Gasteiger partial charge in [-0.15, -0.1) is 0 Å². The van der Waals surface area contributed by atoms with Crippen molar-refractivity contribution in [1.29, 1.82) is 0 Å². The Morgan fingerprint density at radius 1 is 1.06 bits per heavy atom. The van der Waals surface area contributed by atoms with Crippen LogP contribution in [0.4, 0.5) is 5.69 Å². The third-order valence-corrected chi connectivity index (χ3v) is 7.06. The van der Waals surface area contributed by atoms with Crippen LogP contribution < -0.4 is 10.2 Å². The number of likely N-dealkylation sites (tertiary alicyclic amines) is 1. The van der Waals surface area contributed by atoms with Crippen LogP contribution in [-0.2, 0) is 25.7 Å². The molecule has 0 aliphatic carbocycles. The number of rotatable bonds is 4. The van der Waals surface area contributed by atoms with Crippen LogP contribution in [0.1, 0.15) is 62.4 Å². The number of carbonyl (C=O) groups is 4. The number of esters is 1. The summed E-state index contributed by atoms with van der Waals surface area (Å²) in [7, 11) is 0. The molecule has 0 aromatic heterocycles. The second-order valence-corrected chi connectivity index (χ2v) is 10.7. The van der Waals surface area contributed by atoms with E-state index in [1.165, 1.54) is 0 Å². The summed E-state index contributed by atoms with van der Waals surface area (Å²) in [6.45, 7) is 7.99. The normalized spacial score (nSPS) is 21.5. The highest BCUT2D eigenvalue weighted by Crippen LogP contribution is 2.41. The number of nitrogens with one attached hydrogen (secondary N) is 1. The van der Waals surface area contributed by atoms with Gasteiger partial charge in [0.05, 0.1) is 11.6 Å². The average Bonchev–Trinajstić information content (AvgIpc) is 3.08. The number of amides is 3. The molecular weight excluding hydrogens is 446 g/mol. The predicted octanol–water partition coefficient (Wildman–Crippen LogP) is 3.16. The molecule has 2 fully saturated rings. The van der Waals surface area contributed by atoms with Crippen LogP contribution in [0.5, 0.6) is 0 Å². The van der Waals surface area contributed by atoms with Gasteiger partial charge in [0.2, 0.25) is 11.8 Å². The van der Waals surface area contributed by atoms with Gasteiger partial charge in [-0.2, -0.15) is 0 Å². The maximum Gasteiger partial charge on any atom is 0.309 e. The van der Waals surface area contributed by atoms with Gasteiger partial charge in [0.1, 0.15) is 11.6 Å². The van der Waals surface area contributed by atoms with Crippen LogP contribution in [0.25, 0.3) is 10.8 Å². The molecule has 8 heteroatoms. The summed E-state index contributed by atoms with van der Waals surface area (Å²) in [6, 6.07) is 8.96. The summed E-state index contributed by atoms with van der Waals surface area (Å²) >= 11 is 0. The molecule has 2 aromatic rings. The van der Waals surface area contributed by atoms with Gasteiger partial charge in [-0.25, -0.2) is 0 Å². The monoisotopic (exact) mass is 477 g/mol. The maximum absolute atomic E-state index is 13.3. The summed E-state index contributed by atoms with van der Waals surface area (Å²) in [5.74, 6) is -1.11. The van der Waals surface area contributed by atoms with Gasteiger partial charge >= 0.3 is 5.97 Å². The lowest BCUT2D eigenvalue weighted by Gasteiger charge is -2.33. The van der Waals surface area contributed by atoms with E-state index in [2.05, 4.69) is 10.2 Å². The lowest BCUT2D eigenvalue weighted by Crippen LogP contribution is -2.53. The molecule has 3 heterocycles. The lowest BCUT2D eigenvalue weighted by molar-refractivity contribution is -0.161. The first-order valence-electron chi connectivity index (χ1n) is 12.3. The topological polar surface area (TPSA) is 96.0 Å². The van der Waals surface area contributed by atoms with Crippen LogP contribution in [0.3, 0.4) is 0 Å². The molecular formula is C27H31N3O5. The molecule has 35 heavy (non-hydrogen) atoms. The van der Waals surface area contributed by atoms with Crippen LogP contribution >= 0.6 is 0 Å². The quantitative estimate of drug-likeness (QED) is 0.537. The van der Waals surface area contributed by atoms with E-state index in [1.807, 2.05) is 45.0 Å². The van der Waals surface area contributed by atoms with E-state index in [9.17, 15) is 19.2 Å². The summed E-state index contributed by atoms with van der Waals surface area (Å²) in [4.78, 5) is 53.8. The van der Waals surface area contributed by atoms with E-state index in [0.717, 1.165) is 48.0 Å². The van der Waals surface area contributed by atoms with Gasteiger partial charge in [0.15, 0.2) is 0 Å². The molecule has 0 spiro atoms. The van der Waals surface area contributed by atoms with Gasteiger partial charge in [0.25, 0.3) is 5.91 Å². The number of benzene rings is 2. The van der Waals surface area contributed by atoms with Crippen LogP contribution in [0.15, 0.2) is 30.3 Å². The lowest BCUT2D eigenvalue weighted by atomic mass is 9.95. The Morgan fingerprint density at radius 2 is 1.80 bits per heavy atom. The Balaban J connectivity index is 1.35. The first-order chi connectivity index (χ1) is 16.6. The van der Waals surface area contributed by atoms with Crippen LogP contribution in [-0.4, -0.2) is 53.3 Å². The highest BCUT2D eigenvalue weighted by molar-refractivity contribution is 6.27. The number of ether oxygens (including phenoxy) is 1. The molecule has 0 radical (unpaired) electrons. The summed E-state index contributed by atoms with van der Waals surface area (Å²) in [6.07, 6.45) is 2.06. The second-order valence-electron chi connectivity index (χ2n) is 10.7. The van der Waals surface area contributed by atoms with Crippen LogP contribution in [0.2, 0.25) is 0 Å². The fourth-order valence-corrected chi connectivity index (χ4v) is 5.40. The molecule has 3 aliphatic heterocycles. The fourth-order valence-electron chi connectivity index (χ4n) is 5.40. The molecule has 1 unspecified atom stereocenters. The van der Waals surface area contributed by atoms with Gasteiger partial charge < -0.3 is 4.74 Å². The summed E-state index contributed by atoms with van der Waals surface area (Å²) in [5, 5.41) is 4.23.